The molecule has 0 saturated carbocycles. The Morgan fingerprint density at radius 3 is 1.56 bits per heavy atom. The van der Waals surface area contributed by atoms with E-state index in [1.54, 1.807) is 89.3 Å². The van der Waals surface area contributed by atoms with Crippen molar-refractivity contribution in [1.29, 1.82) is 0 Å². The number of nitrogens with zero attached hydrogens (tertiary/aromatic N) is 7. The monoisotopic (exact) mass is 1450 g/mol. The van der Waals surface area contributed by atoms with Crippen molar-refractivity contribution in [3.8, 4) is 17.2 Å². The molecular weight excluding hydrogens is 1400 g/mol. The third-order valence-electron chi connectivity index (χ3n) is 19.6. The molecule has 0 spiro atoms. The number of anilines is 4. The van der Waals surface area contributed by atoms with Crippen molar-refractivity contribution in [1.82, 2.24) is 13.7 Å². The molecule has 106 heavy (non-hydrogen) atoms. The van der Waals surface area contributed by atoms with Crippen LogP contribution in [0, 0.1) is 39.2 Å². The number of ether oxygens (including phenoxy) is 4. The van der Waals surface area contributed by atoms with E-state index in [9.17, 15) is 56.0 Å². The number of esters is 1. The van der Waals surface area contributed by atoms with Gasteiger partial charge in [-0.15, -0.1) is 5.11 Å². The molecule has 21 nitrogen and oxygen atoms in total. The summed E-state index contributed by atoms with van der Waals surface area (Å²) in [5, 5.41) is 31.6. The molecule has 0 radical (unpaired) electrons. The SMILES string of the molecule is COc1ccc(C(OCCC(=O)N(CCCC(=O)n2ccc3c4c(ccc32)NC(C(=O)n2ccc3c5c(ccc32)NC(C(=O)n2ccc3c6c(ccc32)NC(C(=O)Oc2c(F)c(F)c(F)c(F)c2F)C6)C5)C4)c2ccc(N=Nc3ccc([N+](=O)[O-])cc3Cl)cc2)(c2ccccc2)c2ccc(OC)cc2)cc1. The van der Waals surface area contributed by atoms with Crippen LogP contribution >= 0.6 is 11.6 Å². The maximum Gasteiger partial charge on any atom is 0.334 e. The summed E-state index contributed by atoms with van der Waals surface area (Å²) in [7, 11) is 3.18. The number of amides is 1. The normalized spacial score (nSPS) is 15.1. The quantitative estimate of drug-likeness (QED) is 0.00697. The third kappa shape index (κ3) is 12.5. The number of benzene rings is 9. The van der Waals surface area contributed by atoms with Crippen LogP contribution in [-0.4, -0.2) is 93.7 Å². The molecule has 3 atom stereocenters. The fourth-order valence-electron chi connectivity index (χ4n) is 14.4. The summed E-state index contributed by atoms with van der Waals surface area (Å²) in [5.74, 6) is -14.3. The lowest BCUT2D eigenvalue weighted by Gasteiger charge is -2.36. The van der Waals surface area contributed by atoms with Gasteiger partial charge in [0.1, 0.15) is 40.9 Å². The number of hydrogen-bond acceptors (Lipinski definition) is 16. The molecule has 534 valence electrons. The number of rotatable bonds is 21. The molecule has 9 aromatic carbocycles. The maximum atomic E-state index is 14.9. The van der Waals surface area contributed by atoms with Crippen LogP contribution in [0.15, 0.2) is 205 Å². The highest BCUT2D eigenvalue weighted by Crippen LogP contribution is 2.44. The summed E-state index contributed by atoms with van der Waals surface area (Å²) < 4.78 is 97.8. The van der Waals surface area contributed by atoms with Crippen LogP contribution < -0.4 is 35.1 Å². The number of aromatic nitrogens is 3. The molecule has 3 aromatic heterocycles. The number of non-ortho nitro benzene ring substituents is 1. The molecule has 12 aromatic rings. The fraction of sp³-hybridized carbons (Fsp3) is 0.177. The average Bonchev–Trinajstić information content (AvgIpc) is 0.916. The largest absolute Gasteiger partial charge is 0.497 e. The highest BCUT2D eigenvalue weighted by atomic mass is 35.5. The lowest BCUT2D eigenvalue weighted by Crippen LogP contribution is -2.36. The Bertz CT molecular complexity index is 5520. The summed E-state index contributed by atoms with van der Waals surface area (Å²) >= 11 is 6.31. The molecule has 3 aliphatic rings. The van der Waals surface area contributed by atoms with E-state index in [4.69, 9.17) is 30.5 Å². The minimum absolute atomic E-state index is 0.0332. The Morgan fingerprint density at radius 1 is 0.566 bits per heavy atom. The van der Waals surface area contributed by atoms with Crippen molar-refractivity contribution in [3.63, 3.8) is 0 Å². The van der Waals surface area contributed by atoms with Crippen LogP contribution in [-0.2, 0) is 39.2 Å². The van der Waals surface area contributed by atoms with E-state index in [2.05, 4.69) is 26.2 Å². The number of fused-ring (bicyclic) bond motifs is 9. The highest BCUT2D eigenvalue weighted by molar-refractivity contribution is 6.33. The number of carbonyl (C=O) groups is 5. The van der Waals surface area contributed by atoms with E-state index in [0.717, 1.165) is 44.3 Å². The first-order chi connectivity index (χ1) is 51.3. The number of hydrogen-bond donors (Lipinski definition) is 3. The zero-order chi connectivity index (χ0) is 73.8. The number of carbonyl (C=O) groups excluding carboxylic acids is 5. The molecule has 3 aliphatic heterocycles. The summed E-state index contributed by atoms with van der Waals surface area (Å²) in [6, 6.07) is 48.7. The fourth-order valence-corrected chi connectivity index (χ4v) is 14.6. The summed E-state index contributed by atoms with van der Waals surface area (Å²) in [5.41, 5.74) is 7.93. The van der Waals surface area contributed by atoms with Gasteiger partial charge < -0.3 is 39.8 Å². The molecule has 0 bridgehead atoms. The summed E-state index contributed by atoms with van der Waals surface area (Å²) in [6.45, 7) is 0.0729. The molecule has 0 aliphatic carbocycles. The first-order valence-corrected chi connectivity index (χ1v) is 34.0. The average molecular weight is 1460 g/mol. The van der Waals surface area contributed by atoms with E-state index in [0.29, 0.717) is 68.2 Å². The Kier molecular flexibility index (Phi) is 18.4. The van der Waals surface area contributed by atoms with Gasteiger partial charge in [0, 0.05) is 102 Å². The molecule has 3 unspecified atom stereocenters. The second-order valence-corrected chi connectivity index (χ2v) is 26.0. The van der Waals surface area contributed by atoms with E-state index in [-0.39, 0.29) is 85.3 Å². The molecule has 1 amide bonds. The third-order valence-corrected chi connectivity index (χ3v) is 19.9. The van der Waals surface area contributed by atoms with Gasteiger partial charge >= 0.3 is 5.97 Å². The van der Waals surface area contributed by atoms with Gasteiger partial charge in [-0.2, -0.15) is 13.9 Å². The zero-order valence-corrected chi connectivity index (χ0v) is 57.0. The molecule has 6 heterocycles. The van der Waals surface area contributed by atoms with E-state index in [1.165, 1.54) is 22.8 Å². The maximum absolute atomic E-state index is 14.9. The molecule has 3 N–H and O–H groups in total. The molecule has 0 saturated heterocycles. The Hall–Kier alpha value is -12.6. The first kappa shape index (κ1) is 69.2. The zero-order valence-electron chi connectivity index (χ0n) is 56.3. The van der Waals surface area contributed by atoms with Gasteiger partial charge in [-0.1, -0.05) is 66.2 Å². The van der Waals surface area contributed by atoms with E-state index in [1.807, 2.05) is 115 Å². The smallest absolute Gasteiger partial charge is 0.334 e. The van der Waals surface area contributed by atoms with Crippen LogP contribution in [0.2, 0.25) is 5.02 Å². The van der Waals surface area contributed by atoms with Crippen molar-refractivity contribution in [3.05, 3.63) is 272 Å². The van der Waals surface area contributed by atoms with Crippen molar-refractivity contribution < 1.29 is 69.8 Å². The van der Waals surface area contributed by atoms with Gasteiger partial charge in [-0.05, 0) is 149 Å². The second kappa shape index (κ2) is 28.2. The van der Waals surface area contributed by atoms with Crippen LogP contribution in [0.1, 0.15) is 67.0 Å². The predicted octanol–water partition coefficient (Wildman–Crippen LogP) is 16.4. The van der Waals surface area contributed by atoms with Crippen LogP contribution in [0.5, 0.6) is 17.2 Å². The van der Waals surface area contributed by atoms with Crippen molar-refractivity contribution in [2.24, 2.45) is 10.2 Å². The topological polar surface area (TPSA) is 244 Å². The Balaban J connectivity index is 0.619. The minimum Gasteiger partial charge on any atom is -0.497 e. The lowest BCUT2D eigenvalue weighted by atomic mass is 9.80. The van der Waals surface area contributed by atoms with Gasteiger partial charge in [0.05, 0.1) is 59.4 Å². The van der Waals surface area contributed by atoms with Gasteiger partial charge in [-0.3, -0.25) is 43.0 Å². The summed E-state index contributed by atoms with van der Waals surface area (Å²) in [6.07, 6.45) is 5.65. The lowest BCUT2D eigenvalue weighted by molar-refractivity contribution is -0.384. The first-order valence-electron chi connectivity index (χ1n) is 33.6. The molecule has 15 rings (SSSR count). The summed E-state index contributed by atoms with van der Waals surface area (Å²) in [4.78, 5) is 83.8. The van der Waals surface area contributed by atoms with Gasteiger partial charge in [-0.25, -0.2) is 18.0 Å². The Labute approximate surface area is 604 Å². The molecule has 0 fully saturated rings. The Morgan fingerprint density at radius 2 is 1.05 bits per heavy atom. The van der Waals surface area contributed by atoms with Gasteiger partial charge in [0.15, 0.2) is 0 Å². The van der Waals surface area contributed by atoms with Gasteiger partial charge in [0.2, 0.25) is 46.6 Å². The predicted molar refractivity (Wildman–Crippen MR) is 386 cm³/mol. The minimum atomic E-state index is -2.39. The standard InChI is InChI=1S/C79H60ClF5N10O11/c1-103-49-19-10-44(11-20-49)79(43-7-4-3-5-8-43,45-12-21-50(104-2)22-13-45)105-38-33-69(97)91(47-16-14-46(15-17-47)89-90-61-23-18-48(95(101)102)39-57(61)80)34-6-9-68(96)92-35-30-51-54-40-62(86-58(54)24-27-65(51)92)76(98)93-36-31-52-55-41-63(87-59(55)25-28-66(52)93)77(99)94-37-32-53-56-42-64(88-60(56)26-29-67(53)94)78(100)106-75-73(84)71(82)70(81)72(83)74(75)85/h3-5,7-8,10-32,35-37,39,62-64,86-88H,6,9,33-34,38,40-42H2,1-2H3. The van der Waals surface area contributed by atoms with Crippen molar-refractivity contribution >= 4 is 114 Å². The number of nitro benzene ring substituents is 1. The number of azo groups is 1. The number of nitro groups is 1. The molecular formula is C79H60ClF5N10O11. The number of nitrogens with one attached hydrogen (secondary N) is 3. The van der Waals surface area contributed by atoms with Crippen LogP contribution in [0.4, 0.5) is 61.8 Å². The van der Waals surface area contributed by atoms with Crippen LogP contribution in [0.3, 0.4) is 0 Å². The van der Waals surface area contributed by atoms with Gasteiger partial charge in [0.25, 0.3) is 17.5 Å². The number of methoxy groups -OCH3 is 2. The van der Waals surface area contributed by atoms with Crippen molar-refractivity contribution in [2.45, 2.75) is 62.3 Å². The second-order valence-electron chi connectivity index (χ2n) is 25.6. The van der Waals surface area contributed by atoms with Crippen molar-refractivity contribution in [2.75, 3.05) is 48.2 Å². The van der Waals surface area contributed by atoms with Crippen LogP contribution in [0.25, 0.3) is 32.7 Å². The highest BCUT2D eigenvalue weighted by Gasteiger charge is 2.40. The van der Waals surface area contributed by atoms with E-state index >= 15 is 0 Å². The number of halogens is 6. The van der Waals surface area contributed by atoms with E-state index < -0.39 is 69.5 Å². The molecule has 27 heteroatoms.